The first-order chi connectivity index (χ1) is 9.85. The Hall–Kier alpha value is -1.56. The van der Waals surface area contributed by atoms with E-state index in [0.29, 0.717) is 5.92 Å². The third-order valence-electron chi connectivity index (χ3n) is 4.58. The summed E-state index contributed by atoms with van der Waals surface area (Å²) in [6.45, 7) is 15.7. The summed E-state index contributed by atoms with van der Waals surface area (Å²) in [7, 11) is 0. The largest absolute Gasteiger partial charge is 0.0645 e. The summed E-state index contributed by atoms with van der Waals surface area (Å²) in [5, 5.41) is 0. The van der Waals surface area contributed by atoms with Crippen molar-refractivity contribution in [3.05, 3.63) is 68.8 Å². The molecule has 0 aromatic heterocycles. The highest BCUT2D eigenvalue weighted by molar-refractivity contribution is 5.49. The molecule has 2 aromatic rings. The lowest BCUT2D eigenvalue weighted by Crippen LogP contribution is -2.09. The zero-order valence-electron chi connectivity index (χ0n) is 14.6. The van der Waals surface area contributed by atoms with Crippen molar-refractivity contribution >= 4 is 0 Å². The van der Waals surface area contributed by atoms with E-state index in [1.807, 2.05) is 0 Å². The van der Waals surface area contributed by atoms with Gasteiger partial charge < -0.3 is 0 Å². The van der Waals surface area contributed by atoms with Gasteiger partial charge in [0.15, 0.2) is 0 Å². The van der Waals surface area contributed by atoms with Crippen LogP contribution in [0.15, 0.2) is 24.3 Å². The molecule has 0 aliphatic rings. The van der Waals surface area contributed by atoms with Crippen LogP contribution < -0.4 is 0 Å². The quantitative estimate of drug-likeness (QED) is 0.639. The van der Waals surface area contributed by atoms with E-state index in [-0.39, 0.29) is 0 Å². The third kappa shape index (κ3) is 3.05. The molecule has 21 heavy (non-hydrogen) atoms. The molecule has 0 saturated carbocycles. The normalized spacial score (nSPS) is 11.2. The van der Waals surface area contributed by atoms with Gasteiger partial charge in [-0.1, -0.05) is 42.3 Å². The standard InChI is InChI=1S/C21H28/c1-8-19(20-15(4)9-13(2)10-16(20)5)21-17(6)11-14(3)12-18(21)7/h9-12,19H,8H2,1-7H3. The van der Waals surface area contributed by atoms with Gasteiger partial charge in [0.2, 0.25) is 0 Å². The molecule has 2 aromatic carbocycles. The summed E-state index contributed by atoms with van der Waals surface area (Å²) in [4.78, 5) is 0. The van der Waals surface area contributed by atoms with Gasteiger partial charge in [-0.25, -0.2) is 0 Å². The molecule has 0 heterocycles. The molecule has 2 rings (SSSR count). The topological polar surface area (TPSA) is 0 Å². The zero-order chi connectivity index (χ0) is 15.7. The second-order valence-electron chi connectivity index (χ2n) is 6.59. The Kier molecular flexibility index (Phi) is 4.56. The van der Waals surface area contributed by atoms with Crippen LogP contribution in [-0.2, 0) is 0 Å². The second kappa shape index (κ2) is 6.05. The van der Waals surface area contributed by atoms with Crippen molar-refractivity contribution in [2.75, 3.05) is 0 Å². The maximum absolute atomic E-state index is 2.32. The molecule has 0 aliphatic heterocycles. The maximum Gasteiger partial charge on any atom is 0.00972 e. The highest BCUT2D eigenvalue weighted by Crippen LogP contribution is 2.36. The molecule has 112 valence electrons. The fourth-order valence-electron chi connectivity index (χ4n) is 4.03. The van der Waals surface area contributed by atoms with E-state index in [4.69, 9.17) is 0 Å². The van der Waals surface area contributed by atoms with Crippen LogP contribution in [0.3, 0.4) is 0 Å². The van der Waals surface area contributed by atoms with Gasteiger partial charge in [-0.05, 0) is 81.3 Å². The molecule has 0 aliphatic carbocycles. The molecule has 0 atom stereocenters. The van der Waals surface area contributed by atoms with Gasteiger partial charge >= 0.3 is 0 Å². The van der Waals surface area contributed by atoms with Crippen LogP contribution in [0, 0.1) is 41.5 Å². The predicted octanol–water partition coefficient (Wildman–Crippen LogP) is 6.08. The van der Waals surface area contributed by atoms with Crippen molar-refractivity contribution in [1.82, 2.24) is 0 Å². The van der Waals surface area contributed by atoms with Crippen LogP contribution in [-0.4, -0.2) is 0 Å². The molecular weight excluding hydrogens is 252 g/mol. The van der Waals surface area contributed by atoms with Gasteiger partial charge in [-0.3, -0.25) is 0 Å². The van der Waals surface area contributed by atoms with Gasteiger partial charge in [-0.2, -0.15) is 0 Å². The van der Waals surface area contributed by atoms with E-state index in [0.717, 1.165) is 6.42 Å². The first-order valence-corrected chi connectivity index (χ1v) is 8.00. The van der Waals surface area contributed by atoms with Crippen LogP contribution in [0.1, 0.15) is 63.8 Å². The highest BCUT2D eigenvalue weighted by atomic mass is 14.2. The number of hydrogen-bond acceptors (Lipinski definition) is 0. The van der Waals surface area contributed by atoms with Gasteiger partial charge in [0.1, 0.15) is 0 Å². The third-order valence-corrected chi connectivity index (χ3v) is 4.58. The Bertz CT molecular complexity index is 558. The Morgan fingerprint density at radius 2 is 0.905 bits per heavy atom. The molecule has 0 unspecified atom stereocenters. The highest BCUT2D eigenvalue weighted by Gasteiger charge is 2.20. The van der Waals surface area contributed by atoms with E-state index < -0.39 is 0 Å². The van der Waals surface area contributed by atoms with Crippen LogP contribution in [0.5, 0.6) is 0 Å². The van der Waals surface area contributed by atoms with Gasteiger partial charge in [-0.15, -0.1) is 0 Å². The summed E-state index contributed by atoms with van der Waals surface area (Å²) in [6.07, 6.45) is 1.15. The molecular formula is C21H28. The summed E-state index contributed by atoms with van der Waals surface area (Å²) in [6, 6.07) is 9.29. The average molecular weight is 280 g/mol. The van der Waals surface area contributed by atoms with Crippen molar-refractivity contribution < 1.29 is 0 Å². The van der Waals surface area contributed by atoms with E-state index in [9.17, 15) is 0 Å². The first-order valence-electron chi connectivity index (χ1n) is 8.00. The molecule has 0 amide bonds. The minimum atomic E-state index is 0.506. The molecule has 0 spiro atoms. The van der Waals surface area contributed by atoms with Crippen LogP contribution in [0.2, 0.25) is 0 Å². The predicted molar refractivity (Wildman–Crippen MR) is 93.4 cm³/mol. The Morgan fingerprint density at radius 3 is 1.14 bits per heavy atom. The fourth-order valence-corrected chi connectivity index (χ4v) is 4.03. The van der Waals surface area contributed by atoms with Crippen LogP contribution in [0.25, 0.3) is 0 Å². The molecule has 0 radical (unpaired) electrons. The molecule has 0 bridgehead atoms. The van der Waals surface area contributed by atoms with E-state index >= 15 is 0 Å². The first kappa shape index (κ1) is 15.8. The monoisotopic (exact) mass is 280 g/mol. The van der Waals surface area contributed by atoms with E-state index in [1.165, 1.54) is 44.5 Å². The Morgan fingerprint density at radius 1 is 0.619 bits per heavy atom. The van der Waals surface area contributed by atoms with Crippen molar-refractivity contribution in [2.24, 2.45) is 0 Å². The molecule has 0 fully saturated rings. The summed E-state index contributed by atoms with van der Waals surface area (Å²) >= 11 is 0. The molecule has 0 nitrogen and oxygen atoms in total. The van der Waals surface area contributed by atoms with E-state index in [1.54, 1.807) is 0 Å². The number of aryl methyl sites for hydroxylation is 6. The van der Waals surface area contributed by atoms with Crippen LogP contribution >= 0.6 is 0 Å². The van der Waals surface area contributed by atoms with Crippen molar-refractivity contribution in [1.29, 1.82) is 0 Å². The lowest BCUT2D eigenvalue weighted by atomic mass is 9.79. The van der Waals surface area contributed by atoms with Gasteiger partial charge in [0.05, 0.1) is 0 Å². The molecule has 0 N–H and O–H groups in total. The Labute approximate surface area is 130 Å². The minimum Gasteiger partial charge on any atom is -0.0645 e. The SMILES string of the molecule is CCC(c1c(C)cc(C)cc1C)c1c(C)cc(C)cc1C. The molecule has 0 heteroatoms. The second-order valence-corrected chi connectivity index (χ2v) is 6.59. The van der Waals surface area contributed by atoms with E-state index in [2.05, 4.69) is 72.7 Å². The lowest BCUT2D eigenvalue weighted by molar-refractivity contribution is 0.752. The fraction of sp³-hybridized carbons (Fsp3) is 0.429. The van der Waals surface area contributed by atoms with Crippen molar-refractivity contribution in [2.45, 2.75) is 60.8 Å². The minimum absolute atomic E-state index is 0.506. The van der Waals surface area contributed by atoms with Gasteiger partial charge in [0.25, 0.3) is 0 Å². The summed E-state index contributed by atoms with van der Waals surface area (Å²) in [5.41, 5.74) is 11.5. The zero-order valence-corrected chi connectivity index (χ0v) is 14.6. The number of hydrogen-bond donors (Lipinski definition) is 0. The lowest BCUT2D eigenvalue weighted by Gasteiger charge is -2.25. The molecule has 0 saturated heterocycles. The van der Waals surface area contributed by atoms with Crippen LogP contribution in [0.4, 0.5) is 0 Å². The number of benzene rings is 2. The van der Waals surface area contributed by atoms with Gasteiger partial charge in [0, 0.05) is 5.92 Å². The summed E-state index contributed by atoms with van der Waals surface area (Å²) in [5.74, 6) is 0.506. The Balaban J connectivity index is 2.66. The summed E-state index contributed by atoms with van der Waals surface area (Å²) < 4.78 is 0. The smallest absolute Gasteiger partial charge is 0.00972 e. The van der Waals surface area contributed by atoms with Crippen molar-refractivity contribution in [3.63, 3.8) is 0 Å². The van der Waals surface area contributed by atoms with Crippen molar-refractivity contribution in [3.8, 4) is 0 Å². The number of rotatable bonds is 3. The maximum atomic E-state index is 2.32. The average Bonchev–Trinajstić information content (AvgIpc) is 2.34.